The number of hydrogen-bond acceptors (Lipinski definition) is 5. The second-order valence-corrected chi connectivity index (χ2v) is 6.70. The summed E-state index contributed by atoms with van der Waals surface area (Å²) >= 11 is 0. The molecule has 7 heteroatoms. The van der Waals surface area contributed by atoms with Gasteiger partial charge in [0, 0.05) is 32.1 Å². The van der Waals surface area contributed by atoms with E-state index >= 15 is 0 Å². The summed E-state index contributed by atoms with van der Waals surface area (Å²) in [5, 5.41) is 7.37. The molecule has 0 amide bonds. The Morgan fingerprint density at radius 1 is 1.28 bits per heavy atom. The SMILES string of the molecule is CN=C(NCC(C)(C)c1ccc2c(c1)OCO2)N(C)Cc1ccon1. The first kappa shape index (κ1) is 17.1. The van der Waals surface area contributed by atoms with Crippen molar-refractivity contribution >= 4 is 5.96 Å². The Morgan fingerprint density at radius 2 is 2.08 bits per heavy atom. The molecule has 1 aliphatic heterocycles. The van der Waals surface area contributed by atoms with Gasteiger partial charge in [-0.2, -0.15) is 0 Å². The number of ether oxygens (including phenoxy) is 2. The predicted octanol–water partition coefficient (Wildman–Crippen LogP) is 2.39. The zero-order valence-corrected chi connectivity index (χ0v) is 15.1. The fourth-order valence-corrected chi connectivity index (χ4v) is 2.74. The van der Waals surface area contributed by atoms with E-state index in [9.17, 15) is 0 Å². The number of aliphatic imine (C=N–C) groups is 1. The van der Waals surface area contributed by atoms with Gasteiger partial charge in [0.05, 0.1) is 6.54 Å². The molecular formula is C18H24N4O3. The van der Waals surface area contributed by atoms with Crippen LogP contribution in [0.25, 0.3) is 0 Å². The van der Waals surface area contributed by atoms with E-state index < -0.39 is 0 Å². The number of fused-ring (bicyclic) bond motifs is 1. The molecule has 2 heterocycles. The highest BCUT2D eigenvalue weighted by Crippen LogP contribution is 2.36. The van der Waals surface area contributed by atoms with Crippen LogP contribution in [0.3, 0.4) is 0 Å². The molecule has 0 radical (unpaired) electrons. The molecule has 0 bridgehead atoms. The highest BCUT2D eigenvalue weighted by Gasteiger charge is 2.25. The predicted molar refractivity (Wildman–Crippen MR) is 94.9 cm³/mol. The van der Waals surface area contributed by atoms with Crippen LogP contribution < -0.4 is 14.8 Å². The van der Waals surface area contributed by atoms with Gasteiger partial charge >= 0.3 is 0 Å². The second kappa shape index (κ2) is 7.04. The van der Waals surface area contributed by atoms with Gasteiger partial charge in [0.2, 0.25) is 6.79 Å². The van der Waals surface area contributed by atoms with E-state index in [1.54, 1.807) is 13.3 Å². The van der Waals surface area contributed by atoms with Gasteiger partial charge in [0.15, 0.2) is 17.5 Å². The molecular weight excluding hydrogens is 320 g/mol. The zero-order chi connectivity index (χ0) is 17.9. The van der Waals surface area contributed by atoms with E-state index in [-0.39, 0.29) is 12.2 Å². The first-order valence-electron chi connectivity index (χ1n) is 8.21. The van der Waals surface area contributed by atoms with Gasteiger partial charge in [-0.3, -0.25) is 4.99 Å². The summed E-state index contributed by atoms with van der Waals surface area (Å²) in [6.45, 7) is 6.00. The largest absolute Gasteiger partial charge is 0.454 e. The fourth-order valence-electron chi connectivity index (χ4n) is 2.74. The molecule has 0 fully saturated rings. The Kier molecular flexibility index (Phi) is 4.83. The van der Waals surface area contributed by atoms with Crippen molar-refractivity contribution in [1.29, 1.82) is 0 Å². The maximum absolute atomic E-state index is 5.49. The van der Waals surface area contributed by atoms with Crippen LogP contribution in [0, 0.1) is 0 Å². The summed E-state index contributed by atoms with van der Waals surface area (Å²) in [5.41, 5.74) is 1.94. The molecule has 1 aliphatic rings. The van der Waals surface area contributed by atoms with Gasteiger partial charge in [0.25, 0.3) is 0 Å². The molecule has 0 unspecified atom stereocenters. The molecule has 1 aromatic carbocycles. The van der Waals surface area contributed by atoms with Crippen LogP contribution in [0.5, 0.6) is 11.5 Å². The molecule has 2 aromatic rings. The van der Waals surface area contributed by atoms with Crippen LogP contribution in [0.15, 0.2) is 40.0 Å². The number of nitrogens with zero attached hydrogens (tertiary/aromatic N) is 3. The molecule has 134 valence electrons. The first-order valence-corrected chi connectivity index (χ1v) is 8.21. The van der Waals surface area contributed by atoms with Crippen LogP contribution in [-0.4, -0.2) is 43.4 Å². The van der Waals surface area contributed by atoms with Crippen molar-refractivity contribution in [2.45, 2.75) is 25.8 Å². The summed E-state index contributed by atoms with van der Waals surface area (Å²) in [5.74, 6) is 2.41. The number of nitrogens with one attached hydrogen (secondary N) is 1. The lowest BCUT2D eigenvalue weighted by Gasteiger charge is -2.29. The van der Waals surface area contributed by atoms with Gasteiger partial charge in [0.1, 0.15) is 12.0 Å². The Bertz CT molecular complexity index is 741. The molecule has 7 nitrogen and oxygen atoms in total. The van der Waals surface area contributed by atoms with Gasteiger partial charge in [-0.1, -0.05) is 25.1 Å². The van der Waals surface area contributed by atoms with Gasteiger partial charge < -0.3 is 24.2 Å². The van der Waals surface area contributed by atoms with Crippen LogP contribution in [0.1, 0.15) is 25.1 Å². The number of benzene rings is 1. The zero-order valence-electron chi connectivity index (χ0n) is 15.1. The van der Waals surface area contributed by atoms with Crippen molar-refractivity contribution in [3.8, 4) is 11.5 Å². The first-order chi connectivity index (χ1) is 12.0. The van der Waals surface area contributed by atoms with E-state index in [0.29, 0.717) is 6.54 Å². The summed E-state index contributed by atoms with van der Waals surface area (Å²) in [6.07, 6.45) is 1.57. The van der Waals surface area contributed by atoms with Gasteiger partial charge in [-0.25, -0.2) is 0 Å². The molecule has 0 saturated carbocycles. The smallest absolute Gasteiger partial charge is 0.231 e. The summed E-state index contributed by atoms with van der Waals surface area (Å²) in [6, 6.07) is 7.94. The molecule has 1 N–H and O–H groups in total. The summed E-state index contributed by atoms with van der Waals surface area (Å²) < 4.78 is 15.8. The monoisotopic (exact) mass is 344 g/mol. The van der Waals surface area contributed by atoms with Gasteiger partial charge in [-0.05, 0) is 17.7 Å². The van der Waals surface area contributed by atoms with Crippen molar-refractivity contribution in [2.75, 3.05) is 27.4 Å². The third kappa shape index (κ3) is 3.87. The Hall–Kier alpha value is -2.70. The number of hydrogen-bond donors (Lipinski definition) is 1. The maximum Gasteiger partial charge on any atom is 0.231 e. The molecule has 3 rings (SSSR count). The quantitative estimate of drug-likeness (QED) is 0.663. The minimum absolute atomic E-state index is 0.106. The van der Waals surface area contributed by atoms with E-state index in [1.807, 2.05) is 30.1 Å². The number of rotatable bonds is 5. The molecule has 0 atom stereocenters. The molecule has 0 spiro atoms. The minimum Gasteiger partial charge on any atom is -0.454 e. The minimum atomic E-state index is -0.106. The third-order valence-electron chi connectivity index (χ3n) is 4.31. The van der Waals surface area contributed by atoms with E-state index in [2.05, 4.69) is 35.4 Å². The van der Waals surface area contributed by atoms with Crippen molar-refractivity contribution in [1.82, 2.24) is 15.4 Å². The lowest BCUT2D eigenvalue weighted by molar-refractivity contribution is 0.174. The van der Waals surface area contributed by atoms with Crippen molar-refractivity contribution in [3.05, 3.63) is 41.8 Å². The van der Waals surface area contributed by atoms with Crippen molar-refractivity contribution < 1.29 is 14.0 Å². The van der Waals surface area contributed by atoms with Crippen LogP contribution in [0.2, 0.25) is 0 Å². The normalized spacial score (nSPS) is 13.8. The maximum atomic E-state index is 5.49. The fraction of sp³-hybridized carbons (Fsp3) is 0.444. The van der Waals surface area contributed by atoms with E-state index in [1.165, 1.54) is 5.56 Å². The topological polar surface area (TPSA) is 72.1 Å². The van der Waals surface area contributed by atoms with Crippen molar-refractivity contribution in [2.24, 2.45) is 4.99 Å². The highest BCUT2D eigenvalue weighted by atomic mass is 16.7. The van der Waals surface area contributed by atoms with E-state index in [0.717, 1.165) is 29.7 Å². The number of guanidine groups is 1. The Balaban J connectivity index is 1.64. The molecule has 0 saturated heterocycles. The van der Waals surface area contributed by atoms with Crippen LogP contribution >= 0.6 is 0 Å². The Morgan fingerprint density at radius 3 is 2.80 bits per heavy atom. The van der Waals surface area contributed by atoms with Crippen LogP contribution in [-0.2, 0) is 12.0 Å². The average Bonchev–Trinajstić information content (AvgIpc) is 3.25. The van der Waals surface area contributed by atoms with Crippen molar-refractivity contribution in [3.63, 3.8) is 0 Å². The second-order valence-electron chi connectivity index (χ2n) is 6.70. The van der Waals surface area contributed by atoms with Crippen LogP contribution in [0.4, 0.5) is 0 Å². The average molecular weight is 344 g/mol. The van der Waals surface area contributed by atoms with Gasteiger partial charge in [-0.15, -0.1) is 0 Å². The van der Waals surface area contributed by atoms with E-state index in [4.69, 9.17) is 14.0 Å². The lowest BCUT2D eigenvalue weighted by atomic mass is 9.84. The Labute approximate surface area is 147 Å². The third-order valence-corrected chi connectivity index (χ3v) is 4.31. The molecule has 25 heavy (non-hydrogen) atoms. The lowest BCUT2D eigenvalue weighted by Crippen LogP contribution is -2.44. The number of aromatic nitrogens is 1. The standard InChI is InChI=1S/C18H24N4O3/c1-18(2,13-5-6-15-16(9-13)24-12-23-15)11-20-17(19-3)22(4)10-14-7-8-25-21-14/h5-9H,10-12H2,1-4H3,(H,19,20). The molecule has 0 aliphatic carbocycles. The molecule has 1 aromatic heterocycles. The summed E-state index contributed by atoms with van der Waals surface area (Å²) in [7, 11) is 3.74. The highest BCUT2D eigenvalue weighted by molar-refractivity contribution is 5.79. The summed E-state index contributed by atoms with van der Waals surface area (Å²) in [4.78, 5) is 6.36.